The molecular weight excluding hydrogens is 275 g/mol. The quantitative estimate of drug-likeness (QED) is 0.687. The van der Waals surface area contributed by atoms with Crippen LogP contribution in [0, 0.1) is 0 Å². The second-order valence-corrected chi connectivity index (χ2v) is 5.08. The second kappa shape index (κ2) is 5.35. The number of alkyl halides is 3. The third kappa shape index (κ3) is 2.84. The number of rotatable bonds is 1. The maximum atomic E-state index is 13.0. The highest BCUT2D eigenvalue weighted by atomic mass is 19.4. The standard InChI is InChI=1S/C17H14F3N/c18-17(19,20)14-9-3-4-10-16(14)21-15-11-5-7-12-6-1-2-8-13(12)15/h1-4,6,8-10H,5,7,11H2. The topological polar surface area (TPSA) is 12.4 Å². The van der Waals surface area contributed by atoms with Crippen LogP contribution >= 0.6 is 0 Å². The Balaban J connectivity index is 2.09. The monoisotopic (exact) mass is 289 g/mol. The van der Waals surface area contributed by atoms with Gasteiger partial charge >= 0.3 is 6.18 Å². The van der Waals surface area contributed by atoms with Gasteiger partial charge in [0, 0.05) is 5.71 Å². The predicted octanol–water partition coefficient (Wildman–Crippen LogP) is 5.16. The molecule has 2 aromatic rings. The lowest BCUT2D eigenvalue weighted by atomic mass is 9.90. The van der Waals surface area contributed by atoms with E-state index < -0.39 is 11.7 Å². The summed E-state index contributed by atoms with van der Waals surface area (Å²) in [7, 11) is 0. The minimum Gasteiger partial charge on any atom is -0.252 e. The van der Waals surface area contributed by atoms with Crippen LogP contribution in [0.1, 0.15) is 29.5 Å². The Morgan fingerprint density at radius 3 is 2.38 bits per heavy atom. The smallest absolute Gasteiger partial charge is 0.252 e. The number of hydrogen-bond acceptors (Lipinski definition) is 1. The van der Waals surface area contributed by atoms with Crippen molar-refractivity contribution in [3.05, 3.63) is 65.2 Å². The zero-order valence-corrected chi connectivity index (χ0v) is 11.3. The zero-order valence-electron chi connectivity index (χ0n) is 11.3. The van der Waals surface area contributed by atoms with E-state index in [9.17, 15) is 13.2 Å². The summed E-state index contributed by atoms with van der Waals surface area (Å²) in [5, 5.41) is 0. The third-order valence-corrected chi connectivity index (χ3v) is 3.65. The average Bonchev–Trinajstić information content (AvgIpc) is 2.47. The molecule has 108 valence electrons. The van der Waals surface area contributed by atoms with E-state index in [4.69, 9.17) is 0 Å². The zero-order chi connectivity index (χ0) is 14.9. The Labute approximate surface area is 121 Å². The Morgan fingerprint density at radius 1 is 0.857 bits per heavy atom. The number of benzene rings is 2. The normalized spacial score (nSPS) is 16.8. The van der Waals surface area contributed by atoms with Gasteiger partial charge in [-0.05, 0) is 42.5 Å². The summed E-state index contributed by atoms with van der Waals surface area (Å²) in [6.45, 7) is 0. The van der Waals surface area contributed by atoms with E-state index in [1.54, 1.807) is 6.07 Å². The number of aryl methyl sites for hydroxylation is 1. The highest BCUT2D eigenvalue weighted by molar-refractivity contribution is 6.04. The van der Waals surface area contributed by atoms with Crippen molar-refractivity contribution >= 4 is 11.4 Å². The average molecular weight is 289 g/mol. The molecule has 0 spiro atoms. The molecule has 0 heterocycles. The number of para-hydroxylation sites is 1. The van der Waals surface area contributed by atoms with Gasteiger partial charge in [0.25, 0.3) is 0 Å². The molecule has 4 heteroatoms. The highest BCUT2D eigenvalue weighted by Crippen LogP contribution is 2.37. The Kier molecular flexibility index (Phi) is 3.53. The SMILES string of the molecule is FC(F)(F)c1ccccc1N=C1CCCc2ccccc21. The molecule has 0 saturated carbocycles. The summed E-state index contributed by atoms with van der Waals surface area (Å²) >= 11 is 0. The largest absolute Gasteiger partial charge is 0.418 e. The first-order chi connectivity index (χ1) is 10.1. The van der Waals surface area contributed by atoms with Crippen LogP contribution < -0.4 is 0 Å². The maximum Gasteiger partial charge on any atom is 0.418 e. The lowest BCUT2D eigenvalue weighted by Gasteiger charge is -2.18. The molecule has 0 amide bonds. The van der Waals surface area contributed by atoms with Crippen molar-refractivity contribution in [3.63, 3.8) is 0 Å². The molecule has 0 atom stereocenters. The van der Waals surface area contributed by atoms with Gasteiger partial charge in [0.1, 0.15) is 0 Å². The molecule has 0 aliphatic heterocycles. The lowest BCUT2D eigenvalue weighted by molar-refractivity contribution is -0.137. The van der Waals surface area contributed by atoms with Crippen molar-refractivity contribution in [2.45, 2.75) is 25.4 Å². The van der Waals surface area contributed by atoms with Crippen molar-refractivity contribution in [2.75, 3.05) is 0 Å². The van der Waals surface area contributed by atoms with Crippen molar-refractivity contribution in [1.82, 2.24) is 0 Å². The van der Waals surface area contributed by atoms with Gasteiger partial charge in [0.15, 0.2) is 0 Å². The fourth-order valence-corrected chi connectivity index (χ4v) is 2.67. The van der Waals surface area contributed by atoms with Gasteiger partial charge < -0.3 is 0 Å². The summed E-state index contributed by atoms with van der Waals surface area (Å²) in [6, 6.07) is 13.3. The molecule has 0 unspecified atom stereocenters. The van der Waals surface area contributed by atoms with Crippen LogP contribution in [0.3, 0.4) is 0 Å². The molecule has 0 N–H and O–H groups in total. The Bertz CT molecular complexity index is 686. The first-order valence-corrected chi connectivity index (χ1v) is 6.88. The van der Waals surface area contributed by atoms with Crippen LogP contribution in [0.25, 0.3) is 0 Å². The van der Waals surface area contributed by atoms with Gasteiger partial charge in [-0.2, -0.15) is 13.2 Å². The van der Waals surface area contributed by atoms with E-state index in [2.05, 4.69) is 4.99 Å². The van der Waals surface area contributed by atoms with Crippen molar-refractivity contribution in [2.24, 2.45) is 4.99 Å². The number of nitrogens with zero attached hydrogens (tertiary/aromatic N) is 1. The van der Waals surface area contributed by atoms with Crippen LogP contribution in [0.2, 0.25) is 0 Å². The second-order valence-electron chi connectivity index (χ2n) is 5.08. The molecule has 0 radical (unpaired) electrons. The molecule has 2 aromatic carbocycles. The number of fused-ring (bicyclic) bond motifs is 1. The molecule has 1 aliphatic rings. The van der Waals surface area contributed by atoms with E-state index in [0.717, 1.165) is 35.7 Å². The molecule has 0 aromatic heterocycles. The van der Waals surface area contributed by atoms with Crippen LogP contribution in [-0.2, 0) is 12.6 Å². The fraction of sp³-hybridized carbons (Fsp3) is 0.235. The summed E-state index contributed by atoms with van der Waals surface area (Å²) in [5.41, 5.74) is 2.19. The minimum absolute atomic E-state index is 0.00305. The van der Waals surface area contributed by atoms with Crippen LogP contribution in [-0.4, -0.2) is 5.71 Å². The van der Waals surface area contributed by atoms with Gasteiger partial charge in [-0.3, -0.25) is 4.99 Å². The van der Waals surface area contributed by atoms with Crippen LogP contribution in [0.4, 0.5) is 18.9 Å². The molecule has 1 aliphatic carbocycles. The van der Waals surface area contributed by atoms with Gasteiger partial charge in [-0.1, -0.05) is 36.4 Å². The third-order valence-electron chi connectivity index (χ3n) is 3.65. The minimum atomic E-state index is -4.38. The summed E-state index contributed by atoms with van der Waals surface area (Å²) < 4.78 is 39.1. The fourth-order valence-electron chi connectivity index (χ4n) is 2.67. The van der Waals surface area contributed by atoms with Crippen LogP contribution in [0.5, 0.6) is 0 Å². The molecule has 21 heavy (non-hydrogen) atoms. The van der Waals surface area contributed by atoms with Crippen molar-refractivity contribution in [3.8, 4) is 0 Å². The van der Waals surface area contributed by atoms with E-state index in [1.807, 2.05) is 24.3 Å². The molecule has 0 fully saturated rings. The van der Waals surface area contributed by atoms with E-state index in [0.29, 0.717) is 6.42 Å². The van der Waals surface area contributed by atoms with E-state index >= 15 is 0 Å². The van der Waals surface area contributed by atoms with Crippen LogP contribution in [0.15, 0.2) is 53.5 Å². The summed E-state index contributed by atoms with van der Waals surface area (Å²) in [5.74, 6) is 0. The first kappa shape index (κ1) is 13.9. The highest BCUT2D eigenvalue weighted by Gasteiger charge is 2.33. The summed E-state index contributed by atoms with van der Waals surface area (Å²) in [4.78, 5) is 4.32. The predicted molar refractivity (Wildman–Crippen MR) is 77.0 cm³/mol. The van der Waals surface area contributed by atoms with Gasteiger partial charge in [0.2, 0.25) is 0 Å². The van der Waals surface area contributed by atoms with Crippen molar-refractivity contribution < 1.29 is 13.2 Å². The van der Waals surface area contributed by atoms with Gasteiger partial charge in [-0.15, -0.1) is 0 Å². The number of aliphatic imine (C=N–C) groups is 1. The molecule has 0 bridgehead atoms. The Morgan fingerprint density at radius 2 is 1.57 bits per heavy atom. The lowest BCUT2D eigenvalue weighted by Crippen LogP contribution is -2.12. The molecular formula is C17H14F3N. The van der Waals surface area contributed by atoms with Gasteiger partial charge in [-0.25, -0.2) is 0 Å². The van der Waals surface area contributed by atoms with Crippen molar-refractivity contribution in [1.29, 1.82) is 0 Å². The van der Waals surface area contributed by atoms with E-state index in [1.165, 1.54) is 12.1 Å². The summed E-state index contributed by atoms with van der Waals surface area (Å²) in [6.07, 6.45) is -1.79. The van der Waals surface area contributed by atoms with E-state index in [-0.39, 0.29) is 5.69 Å². The molecule has 3 rings (SSSR count). The first-order valence-electron chi connectivity index (χ1n) is 6.88. The van der Waals surface area contributed by atoms with Gasteiger partial charge in [0.05, 0.1) is 11.3 Å². The maximum absolute atomic E-state index is 13.0. The number of halogens is 3. The molecule has 0 saturated heterocycles. The Hall–Kier alpha value is -2.10. The molecule has 1 nitrogen and oxygen atoms in total. The number of hydrogen-bond donors (Lipinski definition) is 0.